The van der Waals surface area contributed by atoms with Crippen molar-refractivity contribution in [1.29, 1.82) is 0 Å². The molecule has 94 valence electrons. The maximum absolute atomic E-state index is 9.99. The lowest BCUT2D eigenvalue weighted by Gasteiger charge is -2.13. The third kappa shape index (κ3) is 3.21. The Hall–Kier alpha value is -2.07. The minimum atomic E-state index is -0.556. The predicted octanol–water partition coefficient (Wildman–Crippen LogP) is 2.24. The number of benzene rings is 1. The summed E-state index contributed by atoms with van der Waals surface area (Å²) >= 11 is 0. The zero-order valence-electron chi connectivity index (χ0n) is 10.2. The molecule has 0 aliphatic carbocycles. The van der Waals surface area contributed by atoms with E-state index in [9.17, 15) is 5.11 Å². The van der Waals surface area contributed by atoms with E-state index in [0.29, 0.717) is 6.54 Å². The average molecular weight is 244 g/mol. The molecule has 1 heterocycles. The Morgan fingerprint density at radius 2 is 2.06 bits per heavy atom. The van der Waals surface area contributed by atoms with Crippen LogP contribution in [0.3, 0.4) is 0 Å². The molecule has 0 amide bonds. The Labute approximate surface area is 106 Å². The molecule has 2 aromatic rings. The van der Waals surface area contributed by atoms with Crippen molar-refractivity contribution in [3.63, 3.8) is 0 Å². The van der Waals surface area contributed by atoms with E-state index < -0.39 is 6.10 Å². The van der Waals surface area contributed by atoms with Crippen molar-refractivity contribution >= 4 is 5.69 Å². The van der Waals surface area contributed by atoms with Gasteiger partial charge in [0.1, 0.15) is 5.75 Å². The Kier molecular flexibility index (Phi) is 4.15. The molecular weight excluding hydrogens is 228 g/mol. The number of hydrogen-bond acceptors (Lipinski definition) is 4. The molecule has 1 atom stereocenters. The first-order valence-corrected chi connectivity index (χ1v) is 5.75. The number of methoxy groups -OCH3 is 1. The van der Waals surface area contributed by atoms with Crippen LogP contribution in [0.2, 0.25) is 0 Å². The van der Waals surface area contributed by atoms with Gasteiger partial charge in [-0.1, -0.05) is 6.07 Å². The van der Waals surface area contributed by atoms with E-state index in [1.165, 1.54) is 0 Å². The zero-order chi connectivity index (χ0) is 12.8. The Bertz CT molecular complexity index is 488. The summed E-state index contributed by atoms with van der Waals surface area (Å²) in [6, 6.07) is 11.2. The topological polar surface area (TPSA) is 54.4 Å². The van der Waals surface area contributed by atoms with E-state index in [2.05, 4.69) is 10.3 Å². The van der Waals surface area contributed by atoms with Crippen LogP contribution in [0.25, 0.3) is 0 Å². The maximum atomic E-state index is 9.99. The highest BCUT2D eigenvalue weighted by atomic mass is 16.5. The monoisotopic (exact) mass is 244 g/mol. The Morgan fingerprint density at radius 3 is 2.78 bits per heavy atom. The van der Waals surface area contributed by atoms with Crippen LogP contribution in [0.1, 0.15) is 11.7 Å². The summed E-state index contributed by atoms with van der Waals surface area (Å²) in [5, 5.41) is 13.2. The van der Waals surface area contributed by atoms with E-state index in [0.717, 1.165) is 17.0 Å². The summed E-state index contributed by atoms with van der Waals surface area (Å²) in [7, 11) is 1.63. The number of rotatable bonds is 5. The van der Waals surface area contributed by atoms with Crippen LogP contribution in [-0.4, -0.2) is 23.7 Å². The highest BCUT2D eigenvalue weighted by Crippen LogP contribution is 2.18. The number of hydrogen-bond donors (Lipinski definition) is 2. The summed E-state index contributed by atoms with van der Waals surface area (Å²) in [4.78, 5) is 3.92. The number of aliphatic hydroxyl groups excluding tert-OH is 1. The second kappa shape index (κ2) is 6.02. The number of nitrogens with zero attached hydrogens (tertiary/aromatic N) is 1. The van der Waals surface area contributed by atoms with E-state index in [1.54, 1.807) is 31.6 Å². The summed E-state index contributed by atoms with van der Waals surface area (Å²) in [5.74, 6) is 0.790. The smallest absolute Gasteiger partial charge is 0.120 e. The minimum Gasteiger partial charge on any atom is -0.497 e. The van der Waals surface area contributed by atoms with Gasteiger partial charge in [-0.2, -0.15) is 0 Å². The molecule has 4 heteroatoms. The molecule has 0 saturated carbocycles. The van der Waals surface area contributed by atoms with Crippen LogP contribution >= 0.6 is 0 Å². The molecule has 1 unspecified atom stereocenters. The molecule has 0 spiro atoms. The number of ether oxygens (including phenoxy) is 1. The summed E-state index contributed by atoms with van der Waals surface area (Å²) in [6.07, 6.45) is 2.79. The predicted molar refractivity (Wildman–Crippen MR) is 70.7 cm³/mol. The van der Waals surface area contributed by atoms with Gasteiger partial charge in [0.15, 0.2) is 0 Å². The molecule has 1 aromatic carbocycles. The van der Waals surface area contributed by atoms with Gasteiger partial charge in [0, 0.05) is 30.7 Å². The van der Waals surface area contributed by atoms with E-state index in [4.69, 9.17) is 4.74 Å². The normalized spacial score (nSPS) is 11.9. The molecule has 0 radical (unpaired) electrons. The van der Waals surface area contributed by atoms with Gasteiger partial charge in [0.2, 0.25) is 0 Å². The van der Waals surface area contributed by atoms with Gasteiger partial charge in [-0.15, -0.1) is 0 Å². The number of nitrogens with one attached hydrogen (secondary N) is 1. The second-order valence-corrected chi connectivity index (χ2v) is 3.91. The highest BCUT2D eigenvalue weighted by Gasteiger charge is 2.06. The molecule has 0 bridgehead atoms. The molecular formula is C14H16N2O2. The van der Waals surface area contributed by atoms with Crippen LogP contribution in [0.5, 0.6) is 5.75 Å². The van der Waals surface area contributed by atoms with Crippen LogP contribution in [0, 0.1) is 0 Å². The maximum Gasteiger partial charge on any atom is 0.120 e. The van der Waals surface area contributed by atoms with Gasteiger partial charge in [-0.25, -0.2) is 0 Å². The van der Waals surface area contributed by atoms with Gasteiger partial charge in [-0.3, -0.25) is 4.98 Å². The average Bonchev–Trinajstić information content (AvgIpc) is 2.46. The molecule has 2 N–H and O–H groups in total. The van der Waals surface area contributed by atoms with Crippen molar-refractivity contribution in [2.75, 3.05) is 19.0 Å². The summed E-state index contributed by atoms with van der Waals surface area (Å²) in [6.45, 7) is 0.442. The van der Waals surface area contributed by atoms with Crippen molar-refractivity contribution in [1.82, 2.24) is 4.98 Å². The van der Waals surface area contributed by atoms with Crippen LogP contribution in [0.15, 0.2) is 48.8 Å². The molecule has 4 nitrogen and oxygen atoms in total. The Morgan fingerprint density at radius 1 is 1.28 bits per heavy atom. The second-order valence-electron chi connectivity index (χ2n) is 3.91. The van der Waals surface area contributed by atoms with E-state index in [-0.39, 0.29) is 0 Å². The highest BCUT2D eigenvalue weighted by molar-refractivity contribution is 5.48. The van der Waals surface area contributed by atoms with Gasteiger partial charge in [0.05, 0.1) is 13.2 Å². The number of anilines is 1. The van der Waals surface area contributed by atoms with Crippen LogP contribution in [0.4, 0.5) is 5.69 Å². The molecule has 0 aliphatic heterocycles. The molecule has 0 aliphatic rings. The molecule has 0 saturated heterocycles. The fraction of sp³-hybridized carbons (Fsp3) is 0.214. The Balaban J connectivity index is 1.95. The van der Waals surface area contributed by atoms with Gasteiger partial charge in [-0.05, 0) is 29.8 Å². The van der Waals surface area contributed by atoms with Crippen molar-refractivity contribution < 1.29 is 9.84 Å². The summed E-state index contributed by atoms with van der Waals surface area (Å²) in [5.41, 5.74) is 1.77. The molecule has 18 heavy (non-hydrogen) atoms. The standard InChI is InChI=1S/C14H16N2O2/c1-18-13-4-2-3-12(9-13)16-10-14(17)11-5-7-15-8-6-11/h2-9,14,16-17H,10H2,1H3. The number of aromatic nitrogens is 1. The first kappa shape index (κ1) is 12.4. The van der Waals surface area contributed by atoms with Crippen LogP contribution < -0.4 is 10.1 Å². The van der Waals surface area contributed by atoms with Crippen molar-refractivity contribution in [2.45, 2.75) is 6.10 Å². The molecule has 2 rings (SSSR count). The van der Waals surface area contributed by atoms with E-state index >= 15 is 0 Å². The fourth-order valence-electron chi connectivity index (χ4n) is 1.65. The van der Waals surface area contributed by atoms with Crippen molar-refractivity contribution in [3.8, 4) is 5.75 Å². The van der Waals surface area contributed by atoms with Crippen LogP contribution in [-0.2, 0) is 0 Å². The van der Waals surface area contributed by atoms with Crippen molar-refractivity contribution in [3.05, 3.63) is 54.4 Å². The third-order valence-electron chi connectivity index (χ3n) is 2.66. The first-order chi connectivity index (χ1) is 8.79. The molecule has 0 fully saturated rings. The minimum absolute atomic E-state index is 0.442. The quantitative estimate of drug-likeness (QED) is 0.847. The van der Waals surface area contributed by atoms with E-state index in [1.807, 2.05) is 24.3 Å². The lowest BCUT2D eigenvalue weighted by atomic mass is 10.1. The van der Waals surface area contributed by atoms with Gasteiger partial charge in [0.25, 0.3) is 0 Å². The number of pyridine rings is 1. The lowest BCUT2D eigenvalue weighted by Crippen LogP contribution is -2.12. The zero-order valence-corrected chi connectivity index (χ0v) is 10.2. The lowest BCUT2D eigenvalue weighted by molar-refractivity contribution is 0.191. The van der Waals surface area contributed by atoms with Gasteiger partial charge < -0.3 is 15.2 Å². The fourth-order valence-corrected chi connectivity index (χ4v) is 1.65. The molecule has 1 aromatic heterocycles. The number of aliphatic hydroxyl groups is 1. The largest absolute Gasteiger partial charge is 0.497 e. The van der Waals surface area contributed by atoms with Crippen molar-refractivity contribution in [2.24, 2.45) is 0 Å². The summed E-state index contributed by atoms with van der Waals surface area (Å²) < 4.78 is 5.14. The van der Waals surface area contributed by atoms with Gasteiger partial charge >= 0.3 is 0 Å². The third-order valence-corrected chi connectivity index (χ3v) is 2.66. The SMILES string of the molecule is COc1cccc(NCC(O)c2ccncc2)c1. The first-order valence-electron chi connectivity index (χ1n) is 5.75.